The maximum absolute atomic E-state index is 9.36. The Morgan fingerprint density at radius 3 is 2.68 bits per heavy atom. The fourth-order valence-corrected chi connectivity index (χ4v) is 1.54. The van der Waals surface area contributed by atoms with Crippen molar-refractivity contribution in [1.82, 2.24) is 5.32 Å². The van der Waals surface area contributed by atoms with Gasteiger partial charge in [-0.25, -0.2) is 0 Å². The Balaban J connectivity index is 0.00000324. The van der Waals surface area contributed by atoms with Crippen LogP contribution < -0.4 is 11.1 Å². The standard InChI is InChI=1S/C13H21N3O2.HI/c1-18-8-7-15-13(14)16-9-12(10-17)11-5-3-2-4-6-11;/h2-6,12,17H,7-10H2,1H3,(H3,14,15,16);1H. The van der Waals surface area contributed by atoms with Crippen LogP contribution in [0.1, 0.15) is 11.5 Å². The summed E-state index contributed by atoms with van der Waals surface area (Å²) in [5, 5.41) is 12.3. The minimum absolute atomic E-state index is 0. The molecular weight excluding hydrogens is 357 g/mol. The van der Waals surface area contributed by atoms with Crippen LogP contribution in [0.4, 0.5) is 0 Å². The molecule has 0 aliphatic carbocycles. The molecule has 0 aliphatic heterocycles. The first-order valence-corrected chi connectivity index (χ1v) is 5.96. The zero-order chi connectivity index (χ0) is 13.2. The summed E-state index contributed by atoms with van der Waals surface area (Å²) in [6.07, 6.45) is 0. The number of ether oxygens (including phenoxy) is 1. The Bertz CT molecular complexity index is 360. The van der Waals surface area contributed by atoms with Crippen molar-refractivity contribution in [2.75, 3.05) is 33.4 Å². The number of hydrogen-bond acceptors (Lipinski definition) is 3. The molecule has 4 N–H and O–H groups in total. The van der Waals surface area contributed by atoms with Crippen LogP contribution in [0, 0.1) is 0 Å². The van der Waals surface area contributed by atoms with Crippen molar-refractivity contribution in [3.05, 3.63) is 35.9 Å². The number of rotatable bonds is 7. The van der Waals surface area contributed by atoms with Crippen LogP contribution in [0.2, 0.25) is 0 Å². The lowest BCUT2D eigenvalue weighted by molar-refractivity contribution is 0.204. The molecule has 0 heterocycles. The summed E-state index contributed by atoms with van der Waals surface area (Å²) in [5.41, 5.74) is 6.76. The number of halogens is 1. The second-order valence-electron chi connectivity index (χ2n) is 3.94. The van der Waals surface area contributed by atoms with Crippen LogP contribution in [0.15, 0.2) is 35.3 Å². The van der Waals surface area contributed by atoms with E-state index in [0.717, 1.165) is 5.56 Å². The van der Waals surface area contributed by atoms with Crippen LogP contribution in [0.3, 0.4) is 0 Å². The van der Waals surface area contributed by atoms with Crippen LogP contribution in [0.25, 0.3) is 0 Å². The minimum atomic E-state index is -0.0195. The monoisotopic (exact) mass is 379 g/mol. The highest BCUT2D eigenvalue weighted by Crippen LogP contribution is 2.14. The topological polar surface area (TPSA) is 79.9 Å². The van der Waals surface area contributed by atoms with Gasteiger partial charge in [0.05, 0.1) is 19.8 Å². The first kappa shape index (κ1) is 18.1. The van der Waals surface area contributed by atoms with Crippen LogP contribution in [0.5, 0.6) is 0 Å². The summed E-state index contributed by atoms with van der Waals surface area (Å²) < 4.78 is 4.90. The van der Waals surface area contributed by atoms with Gasteiger partial charge in [-0.05, 0) is 5.56 Å². The molecule has 0 saturated carbocycles. The molecule has 0 bridgehead atoms. The highest BCUT2D eigenvalue weighted by Gasteiger charge is 2.09. The number of hydrogen-bond donors (Lipinski definition) is 3. The summed E-state index contributed by atoms with van der Waals surface area (Å²) >= 11 is 0. The van der Waals surface area contributed by atoms with E-state index in [0.29, 0.717) is 25.7 Å². The van der Waals surface area contributed by atoms with E-state index in [-0.39, 0.29) is 36.5 Å². The van der Waals surface area contributed by atoms with E-state index in [1.54, 1.807) is 7.11 Å². The van der Waals surface area contributed by atoms with Gasteiger partial charge in [-0.2, -0.15) is 0 Å². The molecular formula is C13H22IN3O2. The average Bonchev–Trinajstić information content (AvgIpc) is 2.41. The Morgan fingerprint density at radius 2 is 2.11 bits per heavy atom. The lowest BCUT2D eigenvalue weighted by Crippen LogP contribution is -2.34. The van der Waals surface area contributed by atoms with Crippen molar-refractivity contribution >= 4 is 29.9 Å². The van der Waals surface area contributed by atoms with Gasteiger partial charge in [-0.1, -0.05) is 30.3 Å². The average molecular weight is 379 g/mol. The number of aliphatic hydroxyl groups is 1. The largest absolute Gasteiger partial charge is 0.396 e. The third kappa shape index (κ3) is 7.34. The molecule has 1 unspecified atom stereocenters. The molecule has 1 atom stereocenters. The van der Waals surface area contributed by atoms with Gasteiger partial charge in [-0.15, -0.1) is 24.0 Å². The Hall–Kier alpha value is -0.860. The molecule has 0 saturated heterocycles. The minimum Gasteiger partial charge on any atom is -0.396 e. The molecule has 0 aromatic heterocycles. The normalized spacial score (nSPS) is 12.6. The number of nitrogens with one attached hydrogen (secondary N) is 1. The Morgan fingerprint density at radius 1 is 1.42 bits per heavy atom. The van der Waals surface area contributed by atoms with E-state index in [1.807, 2.05) is 30.3 Å². The van der Waals surface area contributed by atoms with Crippen molar-refractivity contribution in [2.24, 2.45) is 10.7 Å². The maximum atomic E-state index is 9.36. The number of nitrogens with zero attached hydrogens (tertiary/aromatic N) is 1. The van der Waals surface area contributed by atoms with Crippen molar-refractivity contribution in [3.8, 4) is 0 Å². The van der Waals surface area contributed by atoms with Gasteiger partial charge in [0.1, 0.15) is 0 Å². The van der Waals surface area contributed by atoms with E-state index in [2.05, 4.69) is 10.3 Å². The predicted molar refractivity (Wildman–Crippen MR) is 88.1 cm³/mol. The van der Waals surface area contributed by atoms with Gasteiger partial charge in [0, 0.05) is 19.6 Å². The van der Waals surface area contributed by atoms with Gasteiger partial charge in [-0.3, -0.25) is 4.99 Å². The van der Waals surface area contributed by atoms with E-state index in [9.17, 15) is 5.11 Å². The Kier molecular flexibility index (Phi) is 10.5. The van der Waals surface area contributed by atoms with Crippen molar-refractivity contribution in [1.29, 1.82) is 0 Å². The molecule has 108 valence electrons. The van der Waals surface area contributed by atoms with Crippen molar-refractivity contribution in [2.45, 2.75) is 5.92 Å². The zero-order valence-electron chi connectivity index (χ0n) is 11.1. The van der Waals surface area contributed by atoms with Crippen molar-refractivity contribution < 1.29 is 9.84 Å². The molecule has 1 aromatic rings. The van der Waals surface area contributed by atoms with Gasteiger partial charge >= 0.3 is 0 Å². The third-order valence-electron chi connectivity index (χ3n) is 2.59. The third-order valence-corrected chi connectivity index (χ3v) is 2.59. The van der Waals surface area contributed by atoms with E-state index < -0.39 is 0 Å². The molecule has 5 nitrogen and oxygen atoms in total. The molecule has 0 spiro atoms. The smallest absolute Gasteiger partial charge is 0.188 e. The van der Waals surface area contributed by atoms with Gasteiger partial charge < -0.3 is 20.9 Å². The summed E-state index contributed by atoms with van der Waals surface area (Å²) in [7, 11) is 1.63. The lowest BCUT2D eigenvalue weighted by Gasteiger charge is -2.12. The maximum Gasteiger partial charge on any atom is 0.188 e. The molecule has 1 rings (SSSR count). The fraction of sp³-hybridized carbons (Fsp3) is 0.462. The summed E-state index contributed by atoms with van der Waals surface area (Å²) in [5.74, 6) is 0.357. The molecule has 0 aliphatic rings. The van der Waals surface area contributed by atoms with Gasteiger partial charge in [0.15, 0.2) is 5.96 Å². The second kappa shape index (κ2) is 11.0. The predicted octanol–water partition coefficient (Wildman–Crippen LogP) is 0.931. The summed E-state index contributed by atoms with van der Waals surface area (Å²) in [4.78, 5) is 4.21. The summed E-state index contributed by atoms with van der Waals surface area (Å²) in [6, 6.07) is 9.79. The number of benzene rings is 1. The molecule has 19 heavy (non-hydrogen) atoms. The van der Waals surface area contributed by atoms with Crippen LogP contribution >= 0.6 is 24.0 Å². The number of aliphatic imine (C=N–C) groups is 1. The summed E-state index contributed by atoms with van der Waals surface area (Å²) in [6.45, 7) is 1.73. The van der Waals surface area contributed by atoms with E-state index in [1.165, 1.54) is 0 Å². The molecule has 0 radical (unpaired) electrons. The number of guanidine groups is 1. The first-order chi connectivity index (χ1) is 8.77. The van der Waals surface area contributed by atoms with E-state index in [4.69, 9.17) is 10.5 Å². The van der Waals surface area contributed by atoms with E-state index >= 15 is 0 Å². The SMILES string of the molecule is COCCNC(N)=NCC(CO)c1ccccc1.I. The highest BCUT2D eigenvalue weighted by atomic mass is 127. The van der Waals surface area contributed by atoms with Crippen LogP contribution in [-0.4, -0.2) is 44.5 Å². The quantitative estimate of drug-likeness (QED) is 0.285. The Labute approximate surface area is 131 Å². The highest BCUT2D eigenvalue weighted by molar-refractivity contribution is 14.0. The van der Waals surface area contributed by atoms with Gasteiger partial charge in [0.25, 0.3) is 0 Å². The number of aliphatic hydroxyl groups excluding tert-OH is 1. The second-order valence-corrected chi connectivity index (χ2v) is 3.94. The van der Waals surface area contributed by atoms with Gasteiger partial charge in [0.2, 0.25) is 0 Å². The molecule has 0 fully saturated rings. The first-order valence-electron chi connectivity index (χ1n) is 5.96. The lowest BCUT2D eigenvalue weighted by atomic mass is 10.0. The number of methoxy groups -OCH3 is 1. The molecule has 1 aromatic carbocycles. The van der Waals surface area contributed by atoms with Crippen LogP contribution in [-0.2, 0) is 4.74 Å². The molecule has 0 amide bonds. The zero-order valence-corrected chi connectivity index (χ0v) is 13.4. The molecule has 6 heteroatoms. The number of nitrogens with two attached hydrogens (primary N) is 1. The van der Waals surface area contributed by atoms with Crippen molar-refractivity contribution in [3.63, 3.8) is 0 Å². The fourth-order valence-electron chi connectivity index (χ4n) is 1.54.